The van der Waals surface area contributed by atoms with Crippen molar-refractivity contribution in [3.63, 3.8) is 0 Å². The maximum Gasteiger partial charge on any atom is 0.243 e. The van der Waals surface area contributed by atoms with Gasteiger partial charge in [-0.25, -0.2) is 0 Å². The first kappa shape index (κ1) is 13.0. The summed E-state index contributed by atoms with van der Waals surface area (Å²) in [6.45, 7) is 2.21. The number of carbonyl (C=O) groups excluding carboxylic acids is 1. The molecule has 0 spiro atoms. The SMILES string of the molecule is C[C@@]1(C(=O)NCc2ccccc2)NC[C@H](O)[C@H]1O. The van der Waals surface area contributed by atoms with Crippen molar-refractivity contribution in [1.82, 2.24) is 10.6 Å². The number of aliphatic hydroxyl groups excluding tert-OH is 2. The second-order valence-corrected chi connectivity index (χ2v) is 4.76. The number of hydrogen-bond donors (Lipinski definition) is 4. The van der Waals surface area contributed by atoms with Crippen LogP contribution < -0.4 is 10.6 Å². The number of aliphatic hydroxyl groups is 2. The smallest absolute Gasteiger partial charge is 0.243 e. The van der Waals surface area contributed by atoms with E-state index in [2.05, 4.69) is 10.6 Å². The van der Waals surface area contributed by atoms with E-state index in [4.69, 9.17) is 0 Å². The van der Waals surface area contributed by atoms with Gasteiger partial charge in [-0.05, 0) is 12.5 Å². The number of β-amino-alcohol motifs (C(OH)–C–C–N with tert-alkyl or cyclic N) is 1. The molecule has 0 saturated carbocycles. The number of hydrogen-bond acceptors (Lipinski definition) is 4. The van der Waals surface area contributed by atoms with E-state index in [0.29, 0.717) is 6.54 Å². The molecule has 1 saturated heterocycles. The Morgan fingerprint density at radius 1 is 1.44 bits per heavy atom. The minimum Gasteiger partial charge on any atom is -0.389 e. The highest BCUT2D eigenvalue weighted by Crippen LogP contribution is 2.20. The van der Waals surface area contributed by atoms with Crippen molar-refractivity contribution in [2.24, 2.45) is 0 Å². The first-order valence-corrected chi connectivity index (χ1v) is 5.97. The zero-order valence-corrected chi connectivity index (χ0v) is 10.3. The van der Waals surface area contributed by atoms with Gasteiger partial charge in [-0.1, -0.05) is 30.3 Å². The van der Waals surface area contributed by atoms with Gasteiger partial charge >= 0.3 is 0 Å². The van der Waals surface area contributed by atoms with Crippen molar-refractivity contribution in [2.45, 2.75) is 31.2 Å². The first-order chi connectivity index (χ1) is 8.54. The average Bonchev–Trinajstić information content (AvgIpc) is 2.66. The van der Waals surface area contributed by atoms with Crippen molar-refractivity contribution in [3.05, 3.63) is 35.9 Å². The molecular weight excluding hydrogens is 232 g/mol. The first-order valence-electron chi connectivity index (χ1n) is 5.97. The molecule has 4 N–H and O–H groups in total. The highest BCUT2D eigenvalue weighted by atomic mass is 16.3. The van der Waals surface area contributed by atoms with Gasteiger partial charge in [-0.3, -0.25) is 10.1 Å². The molecule has 1 aliphatic heterocycles. The molecule has 0 aliphatic carbocycles. The fourth-order valence-electron chi connectivity index (χ4n) is 2.09. The van der Waals surface area contributed by atoms with Gasteiger partial charge in [0.05, 0.1) is 6.10 Å². The Bertz CT molecular complexity index is 424. The Kier molecular flexibility index (Phi) is 3.65. The summed E-state index contributed by atoms with van der Waals surface area (Å²) >= 11 is 0. The van der Waals surface area contributed by atoms with Crippen LogP contribution in [0.2, 0.25) is 0 Å². The molecule has 1 heterocycles. The van der Waals surface area contributed by atoms with Gasteiger partial charge in [-0.2, -0.15) is 0 Å². The number of amides is 1. The Hall–Kier alpha value is -1.43. The highest BCUT2D eigenvalue weighted by Gasteiger charge is 2.48. The van der Waals surface area contributed by atoms with Crippen LogP contribution in [-0.2, 0) is 11.3 Å². The molecule has 1 aliphatic rings. The molecule has 1 aromatic rings. The molecule has 3 atom stereocenters. The molecule has 0 bridgehead atoms. The molecule has 5 nitrogen and oxygen atoms in total. The summed E-state index contributed by atoms with van der Waals surface area (Å²) in [5.74, 6) is -0.310. The van der Waals surface area contributed by atoms with Gasteiger partial charge < -0.3 is 15.5 Å². The number of rotatable bonds is 3. The molecule has 1 aromatic carbocycles. The largest absolute Gasteiger partial charge is 0.389 e. The predicted molar refractivity (Wildman–Crippen MR) is 66.7 cm³/mol. The summed E-state index contributed by atoms with van der Waals surface area (Å²) in [4.78, 5) is 12.1. The second-order valence-electron chi connectivity index (χ2n) is 4.76. The van der Waals surface area contributed by atoms with E-state index in [-0.39, 0.29) is 12.5 Å². The molecule has 0 radical (unpaired) electrons. The Morgan fingerprint density at radius 2 is 2.11 bits per heavy atom. The summed E-state index contributed by atoms with van der Waals surface area (Å²) in [6, 6.07) is 9.53. The van der Waals surface area contributed by atoms with Crippen LogP contribution in [0.25, 0.3) is 0 Å². The van der Waals surface area contributed by atoms with Gasteiger partial charge in [-0.15, -0.1) is 0 Å². The van der Waals surface area contributed by atoms with E-state index < -0.39 is 17.7 Å². The molecule has 98 valence electrons. The van der Waals surface area contributed by atoms with Crippen LogP contribution in [0, 0.1) is 0 Å². The molecular formula is C13H18N2O3. The monoisotopic (exact) mass is 250 g/mol. The molecule has 5 heteroatoms. The summed E-state index contributed by atoms with van der Waals surface area (Å²) in [5, 5.41) is 24.9. The third kappa shape index (κ3) is 2.38. The minimum atomic E-state index is -1.13. The lowest BCUT2D eigenvalue weighted by Gasteiger charge is -2.27. The molecule has 2 rings (SSSR count). The van der Waals surface area contributed by atoms with Crippen molar-refractivity contribution >= 4 is 5.91 Å². The molecule has 1 amide bonds. The summed E-state index contributed by atoms with van der Waals surface area (Å²) < 4.78 is 0. The van der Waals surface area contributed by atoms with Crippen LogP contribution in [0.3, 0.4) is 0 Å². The summed E-state index contributed by atoms with van der Waals surface area (Å²) in [5.41, 5.74) is -0.142. The van der Waals surface area contributed by atoms with Crippen LogP contribution in [-0.4, -0.2) is 40.4 Å². The van der Waals surface area contributed by atoms with Gasteiger partial charge in [0.15, 0.2) is 0 Å². The Morgan fingerprint density at radius 3 is 2.67 bits per heavy atom. The van der Waals surface area contributed by atoms with Crippen LogP contribution >= 0.6 is 0 Å². The Labute approximate surface area is 106 Å². The predicted octanol–water partition coefficient (Wildman–Crippen LogP) is -0.614. The van der Waals surface area contributed by atoms with Crippen molar-refractivity contribution in [2.75, 3.05) is 6.54 Å². The van der Waals surface area contributed by atoms with E-state index in [1.54, 1.807) is 6.92 Å². The lowest BCUT2D eigenvalue weighted by Crippen LogP contribution is -2.57. The van der Waals surface area contributed by atoms with Crippen molar-refractivity contribution in [3.8, 4) is 0 Å². The van der Waals surface area contributed by atoms with E-state index >= 15 is 0 Å². The van der Waals surface area contributed by atoms with E-state index in [1.807, 2.05) is 30.3 Å². The van der Waals surface area contributed by atoms with Crippen molar-refractivity contribution in [1.29, 1.82) is 0 Å². The normalized spacial score (nSPS) is 31.3. The van der Waals surface area contributed by atoms with Gasteiger partial charge in [0.25, 0.3) is 0 Å². The fourth-order valence-corrected chi connectivity index (χ4v) is 2.09. The zero-order valence-electron chi connectivity index (χ0n) is 10.3. The molecule has 18 heavy (non-hydrogen) atoms. The van der Waals surface area contributed by atoms with Gasteiger partial charge in [0, 0.05) is 13.1 Å². The molecule has 1 fully saturated rings. The Balaban J connectivity index is 1.96. The summed E-state index contributed by atoms with van der Waals surface area (Å²) in [6.07, 6.45) is -1.99. The topological polar surface area (TPSA) is 81.6 Å². The summed E-state index contributed by atoms with van der Waals surface area (Å²) in [7, 11) is 0. The standard InChI is InChI=1S/C13H18N2O3/c1-13(11(17)10(16)8-15-13)12(18)14-7-9-5-3-2-4-6-9/h2-6,10-11,15-17H,7-8H2,1H3,(H,14,18)/t10-,11+,13+/m0/s1. The molecule has 0 aromatic heterocycles. The van der Waals surface area contributed by atoms with E-state index in [9.17, 15) is 15.0 Å². The maximum absolute atomic E-state index is 12.1. The third-order valence-electron chi connectivity index (χ3n) is 3.40. The average molecular weight is 250 g/mol. The van der Waals surface area contributed by atoms with Crippen LogP contribution in [0.5, 0.6) is 0 Å². The lowest BCUT2D eigenvalue weighted by molar-refractivity contribution is -0.131. The highest BCUT2D eigenvalue weighted by molar-refractivity contribution is 5.87. The maximum atomic E-state index is 12.1. The van der Waals surface area contributed by atoms with Crippen LogP contribution in [0.4, 0.5) is 0 Å². The number of carbonyl (C=O) groups is 1. The van der Waals surface area contributed by atoms with Crippen LogP contribution in [0.1, 0.15) is 12.5 Å². The van der Waals surface area contributed by atoms with Gasteiger partial charge in [0.1, 0.15) is 11.6 Å². The van der Waals surface area contributed by atoms with Gasteiger partial charge in [0.2, 0.25) is 5.91 Å². The zero-order chi connectivity index (χ0) is 13.2. The quantitative estimate of drug-likeness (QED) is 0.577. The molecule has 0 unspecified atom stereocenters. The van der Waals surface area contributed by atoms with E-state index in [1.165, 1.54) is 0 Å². The number of nitrogens with one attached hydrogen (secondary N) is 2. The van der Waals surface area contributed by atoms with Crippen LogP contribution in [0.15, 0.2) is 30.3 Å². The van der Waals surface area contributed by atoms with E-state index in [0.717, 1.165) is 5.56 Å². The minimum absolute atomic E-state index is 0.219. The lowest BCUT2D eigenvalue weighted by atomic mass is 9.94. The second kappa shape index (κ2) is 5.06. The number of benzene rings is 1. The van der Waals surface area contributed by atoms with Crippen molar-refractivity contribution < 1.29 is 15.0 Å². The fraction of sp³-hybridized carbons (Fsp3) is 0.462. The third-order valence-corrected chi connectivity index (χ3v) is 3.40.